The number of hydrogen-bond acceptors (Lipinski definition) is 6. The minimum atomic E-state index is -0.880. The molecule has 8 heteroatoms. The van der Waals surface area contributed by atoms with E-state index in [2.05, 4.69) is 5.32 Å². The molecule has 1 aliphatic rings. The molecule has 1 atom stereocenters. The Labute approximate surface area is 215 Å². The van der Waals surface area contributed by atoms with Crippen molar-refractivity contribution < 1.29 is 23.8 Å². The standard InChI is InChI=1S/C27H29Cl2NO5/c1-16(2)34-27(32)35-25-18(4)30-17(3)22(23(25)20-13-8-14-21(28)24(20)29)26(31)33-15-9-12-19-10-6-5-7-11-19/h5-8,10-11,13-14,16,23,30H,9,12,15H2,1-4H3. The quantitative estimate of drug-likeness (QED) is 0.302. The molecule has 1 heterocycles. The summed E-state index contributed by atoms with van der Waals surface area (Å²) >= 11 is 12.8. The average molecular weight is 518 g/mol. The largest absolute Gasteiger partial charge is 0.513 e. The summed E-state index contributed by atoms with van der Waals surface area (Å²) in [5, 5.41) is 3.69. The van der Waals surface area contributed by atoms with Gasteiger partial charge in [-0.1, -0.05) is 65.7 Å². The first kappa shape index (κ1) is 26.6. The SMILES string of the molecule is CC1=C(OC(=O)OC(C)C)C(c2cccc(Cl)c2Cl)C(C(=O)OCCCc2ccccc2)=C(C)N1. The van der Waals surface area contributed by atoms with E-state index >= 15 is 0 Å². The molecule has 0 spiro atoms. The predicted octanol–water partition coefficient (Wildman–Crippen LogP) is 6.92. The summed E-state index contributed by atoms with van der Waals surface area (Å²) in [4.78, 5) is 25.7. The highest BCUT2D eigenvalue weighted by molar-refractivity contribution is 6.42. The summed E-state index contributed by atoms with van der Waals surface area (Å²) in [6.07, 6.45) is 0.188. The van der Waals surface area contributed by atoms with Gasteiger partial charge in [0.05, 0.1) is 39.9 Å². The average Bonchev–Trinajstić information content (AvgIpc) is 2.80. The molecule has 186 valence electrons. The molecule has 0 aliphatic carbocycles. The highest BCUT2D eigenvalue weighted by Crippen LogP contribution is 2.43. The summed E-state index contributed by atoms with van der Waals surface area (Å²) in [6.45, 7) is 7.17. The van der Waals surface area contributed by atoms with Gasteiger partial charge >= 0.3 is 12.1 Å². The zero-order valence-electron chi connectivity index (χ0n) is 20.2. The summed E-state index contributed by atoms with van der Waals surface area (Å²) < 4.78 is 16.4. The van der Waals surface area contributed by atoms with Crippen LogP contribution in [0, 0.1) is 0 Å². The zero-order valence-corrected chi connectivity index (χ0v) is 21.7. The molecule has 2 aromatic rings. The van der Waals surface area contributed by atoms with Gasteiger partial charge in [-0.25, -0.2) is 9.59 Å². The topological polar surface area (TPSA) is 73.9 Å². The fraction of sp³-hybridized carbons (Fsp3) is 0.333. The Morgan fingerprint density at radius 3 is 2.40 bits per heavy atom. The van der Waals surface area contributed by atoms with E-state index in [-0.39, 0.29) is 29.1 Å². The van der Waals surface area contributed by atoms with E-state index in [0.717, 1.165) is 6.42 Å². The second-order valence-electron chi connectivity index (χ2n) is 8.47. The summed E-state index contributed by atoms with van der Waals surface area (Å²) in [5.41, 5.74) is 3.08. The number of allylic oxidation sites excluding steroid dienone is 3. The van der Waals surface area contributed by atoms with Crippen LogP contribution in [0.15, 0.2) is 71.3 Å². The fourth-order valence-electron chi connectivity index (χ4n) is 3.89. The van der Waals surface area contributed by atoms with Crippen molar-refractivity contribution in [2.24, 2.45) is 0 Å². The van der Waals surface area contributed by atoms with Crippen molar-refractivity contribution >= 4 is 35.3 Å². The lowest BCUT2D eigenvalue weighted by Crippen LogP contribution is -2.31. The molecule has 1 unspecified atom stereocenters. The molecule has 35 heavy (non-hydrogen) atoms. The Morgan fingerprint density at radius 1 is 1.00 bits per heavy atom. The summed E-state index contributed by atoms with van der Waals surface area (Å²) in [7, 11) is 0. The Balaban J connectivity index is 1.88. The molecule has 0 fully saturated rings. The van der Waals surface area contributed by atoms with Gasteiger partial charge in [-0.05, 0) is 57.7 Å². The Bertz CT molecular complexity index is 1140. The number of carbonyl (C=O) groups excluding carboxylic acids is 2. The molecule has 1 aliphatic heterocycles. The van der Waals surface area contributed by atoms with Crippen molar-refractivity contribution in [2.45, 2.75) is 52.6 Å². The third kappa shape index (κ3) is 6.80. The number of nitrogens with one attached hydrogen (secondary N) is 1. The number of esters is 1. The lowest BCUT2D eigenvalue weighted by Gasteiger charge is -2.31. The molecule has 0 aromatic heterocycles. The molecular formula is C27H29Cl2NO5. The number of halogens is 2. The molecule has 0 saturated carbocycles. The third-order valence-electron chi connectivity index (χ3n) is 5.42. The predicted molar refractivity (Wildman–Crippen MR) is 136 cm³/mol. The minimum absolute atomic E-state index is 0.196. The first-order valence-electron chi connectivity index (χ1n) is 11.4. The molecule has 0 amide bonds. The highest BCUT2D eigenvalue weighted by atomic mass is 35.5. The van der Waals surface area contributed by atoms with Gasteiger partial charge in [-0.15, -0.1) is 0 Å². The van der Waals surface area contributed by atoms with Crippen LogP contribution in [0.3, 0.4) is 0 Å². The number of benzene rings is 2. The van der Waals surface area contributed by atoms with Crippen molar-refractivity contribution in [3.63, 3.8) is 0 Å². The molecule has 0 bridgehead atoms. The van der Waals surface area contributed by atoms with Crippen molar-refractivity contribution in [3.8, 4) is 0 Å². The maximum Gasteiger partial charge on any atom is 0.513 e. The summed E-state index contributed by atoms with van der Waals surface area (Å²) in [5.74, 6) is -1.15. The first-order chi connectivity index (χ1) is 16.7. The van der Waals surface area contributed by atoms with E-state index in [1.165, 1.54) is 5.56 Å². The maximum absolute atomic E-state index is 13.3. The van der Waals surface area contributed by atoms with Crippen LogP contribution < -0.4 is 5.32 Å². The molecule has 0 saturated heterocycles. The number of hydrogen-bond donors (Lipinski definition) is 1. The van der Waals surface area contributed by atoms with E-state index in [1.54, 1.807) is 45.9 Å². The molecule has 0 radical (unpaired) electrons. The first-order valence-corrected chi connectivity index (χ1v) is 12.2. The smallest absolute Gasteiger partial charge is 0.462 e. The van der Waals surface area contributed by atoms with Crippen LogP contribution in [-0.2, 0) is 25.4 Å². The van der Waals surface area contributed by atoms with Gasteiger partial charge in [-0.2, -0.15) is 0 Å². The van der Waals surface area contributed by atoms with E-state index in [1.807, 2.05) is 30.3 Å². The molecule has 2 aromatic carbocycles. The van der Waals surface area contributed by atoms with Crippen LogP contribution in [0.25, 0.3) is 0 Å². The van der Waals surface area contributed by atoms with Crippen LogP contribution in [0.2, 0.25) is 10.0 Å². The Kier molecular flexibility index (Phi) is 9.24. The van der Waals surface area contributed by atoms with Crippen LogP contribution in [0.4, 0.5) is 4.79 Å². The zero-order chi connectivity index (χ0) is 25.5. The normalized spacial score (nSPS) is 15.7. The molecule has 1 N–H and O–H groups in total. The van der Waals surface area contributed by atoms with Gasteiger partial charge in [0, 0.05) is 5.70 Å². The van der Waals surface area contributed by atoms with E-state index < -0.39 is 18.0 Å². The molecule has 6 nitrogen and oxygen atoms in total. The number of dihydropyridines is 1. The van der Waals surface area contributed by atoms with Crippen molar-refractivity contribution in [1.29, 1.82) is 0 Å². The Morgan fingerprint density at radius 2 is 1.71 bits per heavy atom. The molecular weight excluding hydrogens is 489 g/mol. The lowest BCUT2D eigenvalue weighted by atomic mass is 9.85. The van der Waals surface area contributed by atoms with Gasteiger partial charge in [0.15, 0.2) is 0 Å². The molecule has 3 rings (SSSR count). The lowest BCUT2D eigenvalue weighted by molar-refractivity contribution is -0.139. The van der Waals surface area contributed by atoms with Gasteiger partial charge in [-0.3, -0.25) is 0 Å². The van der Waals surface area contributed by atoms with Crippen LogP contribution >= 0.6 is 23.2 Å². The van der Waals surface area contributed by atoms with Crippen LogP contribution in [0.1, 0.15) is 51.2 Å². The maximum atomic E-state index is 13.3. The van der Waals surface area contributed by atoms with Crippen molar-refractivity contribution in [2.75, 3.05) is 6.61 Å². The van der Waals surface area contributed by atoms with Gasteiger partial charge in [0.2, 0.25) is 0 Å². The summed E-state index contributed by atoms with van der Waals surface area (Å²) in [6, 6.07) is 15.1. The second kappa shape index (κ2) is 12.1. The van der Waals surface area contributed by atoms with E-state index in [0.29, 0.717) is 28.4 Å². The second-order valence-corrected chi connectivity index (χ2v) is 9.26. The van der Waals surface area contributed by atoms with E-state index in [4.69, 9.17) is 37.4 Å². The van der Waals surface area contributed by atoms with Gasteiger partial charge in [0.25, 0.3) is 0 Å². The van der Waals surface area contributed by atoms with Gasteiger partial charge < -0.3 is 19.5 Å². The number of ether oxygens (including phenoxy) is 3. The van der Waals surface area contributed by atoms with E-state index in [9.17, 15) is 9.59 Å². The third-order valence-corrected chi connectivity index (χ3v) is 6.26. The minimum Gasteiger partial charge on any atom is -0.462 e. The highest BCUT2D eigenvalue weighted by Gasteiger charge is 2.38. The van der Waals surface area contributed by atoms with Crippen LogP contribution in [0.5, 0.6) is 0 Å². The van der Waals surface area contributed by atoms with Gasteiger partial charge in [0.1, 0.15) is 5.76 Å². The van der Waals surface area contributed by atoms with Crippen molar-refractivity contribution in [3.05, 3.63) is 92.4 Å². The number of aryl methyl sites for hydroxylation is 1. The fourth-order valence-corrected chi connectivity index (χ4v) is 4.31. The monoisotopic (exact) mass is 517 g/mol. The van der Waals surface area contributed by atoms with Crippen molar-refractivity contribution in [1.82, 2.24) is 5.32 Å². The van der Waals surface area contributed by atoms with Crippen LogP contribution in [-0.4, -0.2) is 24.8 Å². The Hall–Kier alpha value is -2.96. The number of rotatable bonds is 8. The number of carbonyl (C=O) groups is 2.